The molecule has 46 heavy (non-hydrogen) atoms. The number of primary amides is 1. The lowest BCUT2D eigenvalue weighted by atomic mass is 10.0. The summed E-state index contributed by atoms with van der Waals surface area (Å²) in [7, 11) is 0. The van der Waals surface area contributed by atoms with E-state index < -0.39 is 60.0 Å². The fraction of sp³-hybridized carbons (Fsp3) is 0.455. The number of carbonyl (C=O) groups is 6. The van der Waals surface area contributed by atoms with Crippen LogP contribution in [0.25, 0.3) is 0 Å². The van der Waals surface area contributed by atoms with E-state index in [0.717, 1.165) is 11.1 Å². The van der Waals surface area contributed by atoms with Gasteiger partial charge in [0.05, 0.1) is 12.6 Å². The molecular formula is C33H41N7O6. The van der Waals surface area contributed by atoms with E-state index in [4.69, 9.17) is 5.73 Å². The van der Waals surface area contributed by atoms with Crippen molar-refractivity contribution in [3.8, 4) is 0 Å². The Morgan fingerprint density at radius 1 is 0.957 bits per heavy atom. The molecule has 0 radical (unpaired) electrons. The number of nitrogens with one attached hydrogen (secondary N) is 4. The number of hydrogen-bond acceptors (Lipinski definition) is 7. The molecule has 2 aromatic carbocycles. The number of fused-ring (bicyclic) bond motifs is 2. The van der Waals surface area contributed by atoms with Crippen LogP contribution < -0.4 is 27.0 Å². The molecule has 3 fully saturated rings. The third kappa shape index (κ3) is 7.53. The van der Waals surface area contributed by atoms with E-state index in [2.05, 4.69) is 21.3 Å². The molecule has 6 amide bonds. The minimum absolute atomic E-state index is 0.0426. The Morgan fingerprint density at radius 3 is 2.30 bits per heavy atom. The molecule has 3 aliphatic heterocycles. The number of rotatable bonds is 7. The number of benzene rings is 2. The van der Waals surface area contributed by atoms with Crippen LogP contribution in [0.5, 0.6) is 0 Å². The molecule has 0 unspecified atom stereocenters. The van der Waals surface area contributed by atoms with Crippen LogP contribution in [-0.4, -0.2) is 94.7 Å². The first-order valence-electron chi connectivity index (χ1n) is 15.8. The maximum atomic E-state index is 14.3. The fourth-order valence-corrected chi connectivity index (χ4v) is 6.44. The van der Waals surface area contributed by atoms with Crippen molar-refractivity contribution in [3.05, 3.63) is 71.8 Å². The van der Waals surface area contributed by atoms with E-state index in [1.54, 1.807) is 19.1 Å². The Labute approximate surface area is 267 Å². The minimum Gasteiger partial charge on any atom is -0.368 e. The molecule has 2 aromatic rings. The smallest absolute Gasteiger partial charge is 0.246 e. The standard InChI is InChI=1S/C33H41N7O6/c1-20-32(45)40-26(18-22-11-6-3-7-12-22)33(46)39-16-8-13-25(39)31(44)37-23(14-15-28(41)35-19-27(40)36-20)30(43)38-24(29(34)42)17-21-9-4-2-5-10-21/h2-7,9-12,20,23-27,36H,8,13-19H2,1H3,(H2,34,42)(H,35,41)(H,37,44)(H,38,43)/t20-,23-,24-,25-,26-,27+/m0/s1. The van der Waals surface area contributed by atoms with Gasteiger partial charge in [0.1, 0.15) is 30.3 Å². The monoisotopic (exact) mass is 631 g/mol. The summed E-state index contributed by atoms with van der Waals surface area (Å²) in [6, 6.07) is 13.8. The lowest BCUT2D eigenvalue weighted by Crippen LogP contribution is -2.60. The SMILES string of the molecule is C[C@@H]1N[C@H]2CNC(=O)CC[C@@H](C(=O)N[C@@H](Cc3ccccc3)C(N)=O)NC(=O)[C@@H]3CCCN3C(=O)[C@H](Cc3ccccc3)N2C1=O. The van der Waals surface area contributed by atoms with Crippen molar-refractivity contribution in [2.45, 2.75) is 81.8 Å². The summed E-state index contributed by atoms with van der Waals surface area (Å²) in [6.07, 6.45) is 0.467. The molecule has 5 rings (SSSR count). The zero-order valence-electron chi connectivity index (χ0n) is 25.8. The van der Waals surface area contributed by atoms with Crippen LogP contribution in [0.1, 0.15) is 43.7 Å². The molecule has 0 aliphatic carbocycles. The van der Waals surface area contributed by atoms with Gasteiger partial charge in [-0.1, -0.05) is 60.7 Å². The molecule has 6 atom stereocenters. The van der Waals surface area contributed by atoms with E-state index in [9.17, 15) is 28.8 Å². The van der Waals surface area contributed by atoms with Crippen molar-refractivity contribution in [1.29, 1.82) is 0 Å². The van der Waals surface area contributed by atoms with Crippen LogP contribution in [0.3, 0.4) is 0 Å². The van der Waals surface area contributed by atoms with E-state index in [1.165, 1.54) is 9.80 Å². The summed E-state index contributed by atoms with van der Waals surface area (Å²) in [5, 5.41) is 11.4. The number of amides is 6. The Balaban J connectivity index is 1.41. The molecule has 13 nitrogen and oxygen atoms in total. The second-order valence-corrected chi connectivity index (χ2v) is 12.1. The lowest BCUT2D eigenvalue weighted by molar-refractivity contribution is -0.148. The molecule has 0 saturated carbocycles. The zero-order chi connectivity index (χ0) is 32.8. The Kier molecular flexibility index (Phi) is 10.3. The van der Waals surface area contributed by atoms with Crippen molar-refractivity contribution in [2.75, 3.05) is 13.1 Å². The maximum Gasteiger partial charge on any atom is 0.246 e. The Hall–Kier alpha value is -4.78. The van der Waals surface area contributed by atoms with Gasteiger partial charge in [-0.15, -0.1) is 0 Å². The first-order valence-corrected chi connectivity index (χ1v) is 15.8. The normalized spacial score (nSPS) is 26.3. The molecule has 6 N–H and O–H groups in total. The van der Waals surface area contributed by atoms with Crippen molar-refractivity contribution in [1.82, 2.24) is 31.1 Å². The van der Waals surface area contributed by atoms with Crippen molar-refractivity contribution >= 4 is 35.4 Å². The van der Waals surface area contributed by atoms with Gasteiger partial charge in [-0.2, -0.15) is 0 Å². The Bertz CT molecular complexity index is 1450. The van der Waals surface area contributed by atoms with Gasteiger partial charge in [0.2, 0.25) is 35.4 Å². The van der Waals surface area contributed by atoms with Gasteiger partial charge in [-0.05, 0) is 37.3 Å². The summed E-state index contributed by atoms with van der Waals surface area (Å²) in [4.78, 5) is 83.4. The molecule has 3 aliphatic rings. The van der Waals surface area contributed by atoms with Crippen LogP contribution in [0.4, 0.5) is 0 Å². The van der Waals surface area contributed by atoms with Crippen LogP contribution in [0, 0.1) is 0 Å². The Morgan fingerprint density at radius 2 is 1.63 bits per heavy atom. The van der Waals surface area contributed by atoms with Gasteiger partial charge in [0.25, 0.3) is 0 Å². The average Bonchev–Trinajstić information content (AvgIpc) is 3.65. The van der Waals surface area contributed by atoms with E-state index in [1.807, 2.05) is 48.5 Å². The van der Waals surface area contributed by atoms with Crippen LogP contribution in [-0.2, 0) is 41.6 Å². The van der Waals surface area contributed by atoms with Crippen LogP contribution in [0.2, 0.25) is 0 Å². The second kappa shape index (κ2) is 14.5. The highest BCUT2D eigenvalue weighted by atomic mass is 16.2. The highest BCUT2D eigenvalue weighted by molar-refractivity contribution is 5.97. The molecule has 244 valence electrons. The number of carbonyl (C=O) groups excluding carboxylic acids is 6. The zero-order valence-corrected chi connectivity index (χ0v) is 25.8. The van der Waals surface area contributed by atoms with E-state index in [0.29, 0.717) is 19.4 Å². The quantitative estimate of drug-likeness (QED) is 0.269. The van der Waals surface area contributed by atoms with Crippen LogP contribution >= 0.6 is 0 Å². The summed E-state index contributed by atoms with van der Waals surface area (Å²) in [5.41, 5.74) is 7.24. The molecule has 3 heterocycles. The predicted molar refractivity (Wildman–Crippen MR) is 167 cm³/mol. The van der Waals surface area contributed by atoms with Gasteiger partial charge in [0, 0.05) is 25.8 Å². The van der Waals surface area contributed by atoms with E-state index in [-0.39, 0.29) is 44.0 Å². The molecule has 0 aromatic heterocycles. The van der Waals surface area contributed by atoms with Gasteiger partial charge in [-0.3, -0.25) is 34.1 Å². The third-order valence-electron chi connectivity index (χ3n) is 8.86. The third-order valence-corrected chi connectivity index (χ3v) is 8.86. The van der Waals surface area contributed by atoms with Gasteiger partial charge in [0.15, 0.2) is 0 Å². The van der Waals surface area contributed by atoms with Crippen LogP contribution in [0.15, 0.2) is 60.7 Å². The first kappa shape index (κ1) is 32.6. The summed E-state index contributed by atoms with van der Waals surface area (Å²) in [6.45, 7) is 2.06. The summed E-state index contributed by atoms with van der Waals surface area (Å²) < 4.78 is 0. The van der Waals surface area contributed by atoms with Gasteiger partial charge < -0.3 is 31.5 Å². The summed E-state index contributed by atoms with van der Waals surface area (Å²) in [5.74, 6) is -2.99. The molecular weight excluding hydrogens is 590 g/mol. The molecule has 13 heteroatoms. The number of nitrogens with zero attached hydrogens (tertiary/aromatic N) is 2. The summed E-state index contributed by atoms with van der Waals surface area (Å²) >= 11 is 0. The maximum absolute atomic E-state index is 14.3. The molecule has 0 spiro atoms. The minimum atomic E-state index is -1.17. The van der Waals surface area contributed by atoms with Crippen molar-refractivity contribution in [3.63, 3.8) is 0 Å². The molecule has 0 bridgehead atoms. The van der Waals surface area contributed by atoms with Crippen molar-refractivity contribution in [2.24, 2.45) is 5.73 Å². The average molecular weight is 632 g/mol. The van der Waals surface area contributed by atoms with Gasteiger partial charge in [-0.25, -0.2) is 0 Å². The lowest BCUT2D eigenvalue weighted by Gasteiger charge is -2.36. The fourth-order valence-electron chi connectivity index (χ4n) is 6.44. The largest absolute Gasteiger partial charge is 0.368 e. The second-order valence-electron chi connectivity index (χ2n) is 12.1. The first-order chi connectivity index (χ1) is 22.1. The number of nitrogens with two attached hydrogens (primary N) is 1. The topological polar surface area (TPSA) is 183 Å². The predicted octanol–water partition coefficient (Wildman–Crippen LogP) is -0.657. The highest BCUT2D eigenvalue weighted by Gasteiger charge is 2.47. The highest BCUT2D eigenvalue weighted by Crippen LogP contribution is 2.25. The van der Waals surface area contributed by atoms with Crippen molar-refractivity contribution < 1.29 is 28.8 Å². The van der Waals surface area contributed by atoms with E-state index >= 15 is 0 Å². The van der Waals surface area contributed by atoms with Gasteiger partial charge >= 0.3 is 0 Å². The molecule has 3 saturated heterocycles. The number of hydrogen-bond donors (Lipinski definition) is 5.